The second kappa shape index (κ2) is 29.1. The minimum atomic E-state index is -2.64. The third kappa shape index (κ3) is 14.0. The summed E-state index contributed by atoms with van der Waals surface area (Å²) in [7, 11) is 2.94. The molecule has 2 saturated heterocycles. The van der Waals surface area contributed by atoms with Gasteiger partial charge in [-0.25, -0.2) is 4.79 Å². The molecule has 0 spiro atoms. The zero-order valence-corrected chi connectivity index (χ0v) is 49.6. The van der Waals surface area contributed by atoms with Crippen molar-refractivity contribution in [3.8, 4) is 12.1 Å². The number of Topliss-reactive ketones (excluding diaryl/α,β-unsaturated/α-hetero) is 3. The quantitative estimate of drug-likeness (QED) is 0.0865. The molecule has 0 aromatic heterocycles. The van der Waals surface area contributed by atoms with Crippen LogP contribution in [0, 0.1) is 86.8 Å². The molecule has 19 atom stereocenters. The van der Waals surface area contributed by atoms with Gasteiger partial charge in [-0.3, -0.25) is 28.8 Å². The van der Waals surface area contributed by atoms with E-state index in [4.69, 9.17) is 28.4 Å². The molecular formula is C61H91N3O17. The Hall–Kier alpha value is -4.93. The lowest BCUT2D eigenvalue weighted by molar-refractivity contribution is -0.265. The molecule has 6 aliphatic rings. The summed E-state index contributed by atoms with van der Waals surface area (Å²) in [6.45, 7) is 13.3. The molecule has 4 aliphatic heterocycles. The molecule has 0 aromatic rings. The van der Waals surface area contributed by atoms with Gasteiger partial charge in [0.15, 0.2) is 10.8 Å². The first-order valence-corrected chi connectivity index (χ1v) is 29.4. The van der Waals surface area contributed by atoms with E-state index in [0.717, 1.165) is 4.90 Å². The van der Waals surface area contributed by atoms with Gasteiger partial charge < -0.3 is 53.7 Å². The highest BCUT2D eigenvalue weighted by molar-refractivity contribution is 6.39. The van der Waals surface area contributed by atoms with Gasteiger partial charge in [-0.1, -0.05) is 46.8 Å². The number of ketones is 3. The molecule has 19 unspecified atom stereocenters. The van der Waals surface area contributed by atoms with Crippen LogP contribution in [0.2, 0.25) is 0 Å². The fourth-order valence-corrected chi connectivity index (χ4v) is 13.9. The van der Waals surface area contributed by atoms with Crippen molar-refractivity contribution in [3.05, 3.63) is 23.3 Å². The number of hydrogen-bond acceptors (Lipinski definition) is 19. The van der Waals surface area contributed by atoms with E-state index in [1.165, 1.54) is 41.1 Å². The van der Waals surface area contributed by atoms with Crippen LogP contribution in [0.15, 0.2) is 23.3 Å². The molecule has 452 valence electrons. The standard InChI is InChI=1S/C61H91N3O17/c1-12-78-57(73)59(32-62)42-19-21-45(60(59,33-63)58(74)79-13-2)34(3)24-38(7)52(68)44(31-65)53(69)39(8)25-35(4)48(67)30-50(36(5)26-41-18-22-47(66)51(28-41)77-11)80-56(72)46-16-14-15-23-64(46)55(71)54(70)61(75)40(9)17-20-43(81-61)29-49(76-10)37(6)27-42/h25,27,34-36,38,40-47,49-51,53,65-66,69,75H,12-24,26,28-31H2,1-11H3/b37-27+,39-25+. The molecule has 81 heavy (non-hydrogen) atoms. The Bertz CT molecular complexity index is 2410. The lowest BCUT2D eigenvalue weighted by Crippen LogP contribution is -2.63. The van der Waals surface area contributed by atoms with Gasteiger partial charge >= 0.3 is 17.9 Å². The van der Waals surface area contributed by atoms with E-state index in [0.29, 0.717) is 50.5 Å². The first kappa shape index (κ1) is 66.9. The second-order valence-corrected chi connectivity index (χ2v) is 24.0. The van der Waals surface area contributed by atoms with Crippen LogP contribution in [0.25, 0.3) is 0 Å². The number of piperidine rings is 1. The maximum Gasteiger partial charge on any atom is 0.329 e. The van der Waals surface area contributed by atoms with Crippen molar-refractivity contribution in [1.82, 2.24) is 4.90 Å². The highest BCUT2D eigenvalue weighted by atomic mass is 16.6. The zero-order valence-electron chi connectivity index (χ0n) is 49.6. The summed E-state index contributed by atoms with van der Waals surface area (Å²) < 4.78 is 35.3. The average molecular weight is 1140 g/mol. The number of nitriles is 2. The van der Waals surface area contributed by atoms with Crippen LogP contribution in [0.3, 0.4) is 0 Å². The fourth-order valence-electron chi connectivity index (χ4n) is 13.9. The topological polar surface area (TPSA) is 307 Å². The predicted octanol–water partition coefficient (Wildman–Crippen LogP) is 5.83. The maximum absolute atomic E-state index is 14.7. The van der Waals surface area contributed by atoms with Crippen LogP contribution in [0.4, 0.5) is 0 Å². The smallest absolute Gasteiger partial charge is 0.329 e. The largest absolute Gasteiger partial charge is 0.465 e. The summed E-state index contributed by atoms with van der Waals surface area (Å²) in [6.07, 6.45) is 1.24. The minimum absolute atomic E-state index is 0.00439. The van der Waals surface area contributed by atoms with Crippen LogP contribution in [-0.2, 0) is 62.0 Å². The molecule has 1 amide bonds. The number of hydrogen-bond donors (Lipinski definition) is 4. The van der Waals surface area contributed by atoms with Crippen molar-refractivity contribution in [1.29, 1.82) is 10.5 Å². The van der Waals surface area contributed by atoms with Crippen molar-refractivity contribution in [2.24, 2.45) is 64.1 Å². The number of carbonyl (C=O) groups excluding carboxylic acids is 7. The van der Waals surface area contributed by atoms with Crippen molar-refractivity contribution in [2.75, 3.05) is 40.6 Å². The van der Waals surface area contributed by atoms with E-state index < -0.39 is 149 Å². The Morgan fingerprint density at radius 3 is 2.09 bits per heavy atom. The van der Waals surface area contributed by atoms with Crippen LogP contribution in [0.5, 0.6) is 0 Å². The minimum Gasteiger partial charge on any atom is -0.465 e. The number of amides is 1. The van der Waals surface area contributed by atoms with E-state index in [2.05, 4.69) is 12.1 Å². The fraction of sp³-hybridized carbons (Fsp3) is 0.787. The summed E-state index contributed by atoms with van der Waals surface area (Å²) in [5, 5.41) is 68.3. The van der Waals surface area contributed by atoms with E-state index in [-0.39, 0.29) is 82.0 Å². The first-order valence-electron chi connectivity index (χ1n) is 29.4. The van der Waals surface area contributed by atoms with Crippen LogP contribution >= 0.6 is 0 Å². The molecule has 6 rings (SSSR count). The second-order valence-electron chi connectivity index (χ2n) is 24.0. The number of allylic oxidation sites excluding steroid dienone is 2. The third-order valence-corrected chi connectivity index (χ3v) is 18.8. The summed E-state index contributed by atoms with van der Waals surface area (Å²) in [5.74, 6) is -16.6. The maximum atomic E-state index is 14.7. The number of rotatable bonds is 10. The summed E-state index contributed by atoms with van der Waals surface area (Å²) in [5.41, 5.74) is -4.39. The van der Waals surface area contributed by atoms with E-state index in [1.807, 2.05) is 6.92 Å². The van der Waals surface area contributed by atoms with Gasteiger partial charge in [-0.2, -0.15) is 10.5 Å². The van der Waals surface area contributed by atoms with Gasteiger partial charge in [0.2, 0.25) is 5.79 Å². The highest BCUT2D eigenvalue weighted by Crippen LogP contribution is 2.61. The number of esters is 3. The van der Waals surface area contributed by atoms with Gasteiger partial charge in [0, 0.05) is 57.3 Å². The van der Waals surface area contributed by atoms with Crippen LogP contribution in [-0.4, -0.2) is 156 Å². The Labute approximate surface area is 478 Å². The lowest BCUT2D eigenvalue weighted by Gasteiger charge is -2.51. The molecule has 20 nitrogen and oxygen atoms in total. The molecule has 4 fully saturated rings. The van der Waals surface area contributed by atoms with Gasteiger partial charge in [-0.15, -0.1) is 0 Å². The molecule has 20 heteroatoms. The lowest BCUT2D eigenvalue weighted by atomic mass is 9.46. The number of carbonyl (C=O) groups is 7. The number of nitrogens with zero attached hydrogens (tertiary/aromatic N) is 3. The van der Waals surface area contributed by atoms with Crippen molar-refractivity contribution >= 4 is 41.2 Å². The highest BCUT2D eigenvalue weighted by Gasteiger charge is 2.73. The first-order chi connectivity index (χ1) is 38.3. The molecular weight excluding hydrogens is 1050 g/mol. The Kier molecular flexibility index (Phi) is 24.0. The van der Waals surface area contributed by atoms with Gasteiger partial charge in [0.25, 0.3) is 11.7 Å². The average Bonchev–Trinajstić information content (AvgIpc) is 3.64. The van der Waals surface area contributed by atoms with Gasteiger partial charge in [-0.05, 0) is 140 Å². The zero-order chi connectivity index (χ0) is 60.3. The predicted molar refractivity (Wildman–Crippen MR) is 292 cm³/mol. The number of methoxy groups -OCH3 is 2. The number of aliphatic hydroxyl groups is 4. The SMILES string of the molecule is CCOC(=O)C1(C#N)C2/C=C(\C)C(OC)CC3CCC(C)C(O)(O3)C(=O)C(=O)N3CCCCC3C(=O)OC(C(C)CC3CCC(O)C(OC)C3)CC(=O)C(C)/C=C(\C)C(O)C(CO)C(=O)C(C)CC(C)C(CC2)C1(C#N)C(=O)OCC. The van der Waals surface area contributed by atoms with Crippen LogP contribution < -0.4 is 0 Å². The Morgan fingerprint density at radius 2 is 1.48 bits per heavy atom. The van der Waals surface area contributed by atoms with Crippen molar-refractivity contribution < 1.29 is 82.4 Å². The van der Waals surface area contributed by atoms with E-state index in [1.54, 1.807) is 40.7 Å². The van der Waals surface area contributed by atoms with Gasteiger partial charge in [0.05, 0.1) is 68.4 Å². The molecule has 2 saturated carbocycles. The number of aliphatic hydroxyl groups excluding tert-OH is 3. The Balaban J connectivity index is 1.64. The number of ether oxygens (including phenoxy) is 6. The molecule has 2 aliphatic carbocycles. The van der Waals surface area contributed by atoms with E-state index >= 15 is 0 Å². The Morgan fingerprint density at radius 1 is 0.827 bits per heavy atom. The molecule has 4 N–H and O–H groups in total. The number of fused-ring (bicyclic) bond motifs is 17. The molecule has 0 aromatic carbocycles. The van der Waals surface area contributed by atoms with Crippen molar-refractivity contribution in [2.45, 2.75) is 201 Å². The normalized spacial score (nSPS) is 40.0. The van der Waals surface area contributed by atoms with Crippen molar-refractivity contribution in [3.63, 3.8) is 0 Å². The van der Waals surface area contributed by atoms with Gasteiger partial charge in [0.1, 0.15) is 23.7 Å². The monoisotopic (exact) mass is 1140 g/mol. The third-order valence-electron chi connectivity index (χ3n) is 18.8. The van der Waals surface area contributed by atoms with E-state index in [9.17, 15) is 64.5 Å². The molecule has 0 radical (unpaired) electrons. The van der Waals surface area contributed by atoms with Crippen LogP contribution in [0.1, 0.15) is 152 Å². The molecule has 4 heterocycles. The summed E-state index contributed by atoms with van der Waals surface area (Å²) in [6, 6.07) is 2.97. The molecule has 4 bridgehead atoms. The summed E-state index contributed by atoms with van der Waals surface area (Å²) >= 11 is 0. The summed E-state index contributed by atoms with van der Waals surface area (Å²) in [4.78, 5) is 103.